The Balaban J connectivity index is 2.15. The van der Waals surface area contributed by atoms with Gasteiger partial charge < -0.3 is 15.4 Å². The lowest BCUT2D eigenvalue weighted by atomic mass is 10.1. The summed E-state index contributed by atoms with van der Waals surface area (Å²) < 4.78 is 6.01. The Morgan fingerprint density at radius 2 is 1.88 bits per heavy atom. The van der Waals surface area contributed by atoms with Crippen molar-refractivity contribution in [3.8, 4) is 5.75 Å². The Bertz CT molecular complexity index is 775. The van der Waals surface area contributed by atoms with E-state index in [1.807, 2.05) is 13.8 Å². The van der Waals surface area contributed by atoms with Crippen molar-refractivity contribution in [1.29, 1.82) is 0 Å². The largest absolute Gasteiger partial charge is 0.496 e. The molecule has 2 rings (SSSR count). The summed E-state index contributed by atoms with van der Waals surface area (Å²) >= 11 is 3.35. The van der Waals surface area contributed by atoms with E-state index in [4.69, 9.17) is 4.74 Å². The van der Waals surface area contributed by atoms with Crippen molar-refractivity contribution >= 4 is 33.4 Å². The fourth-order valence-corrected chi connectivity index (χ4v) is 2.55. The number of nitrogens with one attached hydrogen (secondary N) is 2. The number of rotatable bonds is 6. The molecule has 0 atom stereocenters. The third-order valence-electron chi connectivity index (χ3n) is 3.46. The molecule has 2 aromatic rings. The molecule has 0 saturated heterocycles. The van der Waals surface area contributed by atoms with E-state index in [-0.39, 0.29) is 11.8 Å². The number of hydrogen-bond acceptors (Lipinski definition) is 3. The highest BCUT2D eigenvalue weighted by molar-refractivity contribution is 9.10. The average Bonchev–Trinajstić information content (AvgIpc) is 2.59. The van der Waals surface area contributed by atoms with Crippen LogP contribution >= 0.6 is 15.9 Å². The molecular weight excluding hydrogens is 384 g/mol. The van der Waals surface area contributed by atoms with E-state index in [2.05, 4.69) is 26.6 Å². The van der Waals surface area contributed by atoms with Gasteiger partial charge in [-0.3, -0.25) is 9.59 Å². The maximum atomic E-state index is 12.5. The molecule has 132 valence electrons. The summed E-state index contributed by atoms with van der Waals surface area (Å²) in [7, 11) is 1.51. The summed E-state index contributed by atoms with van der Waals surface area (Å²) in [5.41, 5.74) is 1.45. The molecule has 0 aromatic heterocycles. The lowest BCUT2D eigenvalue weighted by Crippen LogP contribution is -2.27. The molecule has 0 aliphatic rings. The van der Waals surface area contributed by atoms with Crippen LogP contribution in [0, 0.1) is 5.92 Å². The molecule has 25 heavy (non-hydrogen) atoms. The first-order chi connectivity index (χ1) is 11.9. The summed E-state index contributed by atoms with van der Waals surface area (Å²) in [5, 5.41) is 5.66. The number of ether oxygens (including phenoxy) is 1. The molecule has 2 amide bonds. The van der Waals surface area contributed by atoms with E-state index in [1.165, 1.54) is 7.11 Å². The van der Waals surface area contributed by atoms with Crippen molar-refractivity contribution in [3.63, 3.8) is 0 Å². The minimum atomic E-state index is -0.308. The zero-order valence-electron chi connectivity index (χ0n) is 14.4. The molecule has 0 saturated carbocycles. The minimum absolute atomic E-state index is 0.162. The van der Waals surface area contributed by atoms with Crippen LogP contribution in [0.25, 0.3) is 0 Å². The maximum Gasteiger partial charge on any atom is 0.259 e. The van der Waals surface area contributed by atoms with Crippen LogP contribution in [0.3, 0.4) is 0 Å². The van der Waals surface area contributed by atoms with Gasteiger partial charge in [0.05, 0.1) is 12.7 Å². The van der Waals surface area contributed by atoms with E-state index < -0.39 is 0 Å². The van der Waals surface area contributed by atoms with Crippen molar-refractivity contribution in [2.75, 3.05) is 19.0 Å². The Kier molecular flexibility index (Phi) is 6.58. The van der Waals surface area contributed by atoms with Crippen LogP contribution < -0.4 is 15.4 Å². The predicted octanol–water partition coefficient (Wildman–Crippen LogP) is 4.10. The molecule has 0 heterocycles. The summed E-state index contributed by atoms with van der Waals surface area (Å²) in [6, 6.07) is 12.0. The molecule has 5 nitrogen and oxygen atoms in total. The molecule has 0 aliphatic heterocycles. The van der Waals surface area contributed by atoms with Gasteiger partial charge in [0, 0.05) is 22.3 Å². The van der Waals surface area contributed by atoms with E-state index >= 15 is 0 Å². The second-order valence-electron chi connectivity index (χ2n) is 5.98. The van der Waals surface area contributed by atoms with Crippen molar-refractivity contribution < 1.29 is 14.3 Å². The highest BCUT2D eigenvalue weighted by atomic mass is 79.9. The van der Waals surface area contributed by atoms with E-state index in [9.17, 15) is 9.59 Å². The maximum absolute atomic E-state index is 12.5. The van der Waals surface area contributed by atoms with Crippen molar-refractivity contribution in [2.24, 2.45) is 5.92 Å². The van der Waals surface area contributed by atoms with Crippen LogP contribution in [-0.4, -0.2) is 25.5 Å². The van der Waals surface area contributed by atoms with Crippen molar-refractivity contribution in [3.05, 3.63) is 58.1 Å². The molecule has 0 unspecified atom stereocenters. The van der Waals surface area contributed by atoms with Gasteiger partial charge in [-0.15, -0.1) is 0 Å². The second-order valence-corrected chi connectivity index (χ2v) is 6.90. The van der Waals surface area contributed by atoms with Gasteiger partial charge >= 0.3 is 0 Å². The zero-order valence-corrected chi connectivity index (χ0v) is 16.0. The summed E-state index contributed by atoms with van der Waals surface area (Å²) in [6.45, 7) is 4.66. The minimum Gasteiger partial charge on any atom is -0.496 e. The summed E-state index contributed by atoms with van der Waals surface area (Å²) in [5.74, 6) is 0.380. The highest BCUT2D eigenvalue weighted by Gasteiger charge is 2.14. The third kappa shape index (κ3) is 5.32. The standard InChI is InChI=1S/C19H21BrN2O3/c1-12(2)11-21-18(23)13-5-4-6-15(9-13)22-19(24)16-10-14(20)7-8-17(16)25-3/h4-10,12H,11H2,1-3H3,(H,21,23)(H,22,24). The average molecular weight is 405 g/mol. The van der Waals surface area contributed by atoms with Crippen molar-refractivity contribution in [2.45, 2.75) is 13.8 Å². The van der Waals surface area contributed by atoms with Gasteiger partial charge in [0.1, 0.15) is 5.75 Å². The van der Waals surface area contributed by atoms with E-state index in [0.29, 0.717) is 35.0 Å². The highest BCUT2D eigenvalue weighted by Crippen LogP contribution is 2.24. The normalized spacial score (nSPS) is 10.4. The van der Waals surface area contributed by atoms with Gasteiger partial charge in [0.15, 0.2) is 0 Å². The smallest absolute Gasteiger partial charge is 0.259 e. The SMILES string of the molecule is COc1ccc(Br)cc1C(=O)Nc1cccc(C(=O)NCC(C)C)c1. The number of halogens is 1. The molecule has 0 spiro atoms. The number of methoxy groups -OCH3 is 1. The first kappa shape index (κ1) is 19.0. The molecule has 6 heteroatoms. The topological polar surface area (TPSA) is 67.4 Å². The van der Waals surface area contributed by atoms with Gasteiger partial charge in [-0.2, -0.15) is 0 Å². The fourth-order valence-electron chi connectivity index (χ4n) is 2.19. The van der Waals surface area contributed by atoms with Crippen LogP contribution in [0.4, 0.5) is 5.69 Å². The van der Waals surface area contributed by atoms with Crippen LogP contribution in [0.1, 0.15) is 34.6 Å². The van der Waals surface area contributed by atoms with Crippen LogP contribution in [-0.2, 0) is 0 Å². The van der Waals surface area contributed by atoms with Gasteiger partial charge in [-0.1, -0.05) is 35.8 Å². The van der Waals surface area contributed by atoms with Gasteiger partial charge in [-0.05, 0) is 42.3 Å². The third-order valence-corrected chi connectivity index (χ3v) is 3.95. The lowest BCUT2D eigenvalue weighted by Gasteiger charge is -2.11. The summed E-state index contributed by atoms with van der Waals surface area (Å²) in [6.07, 6.45) is 0. The molecule has 0 aliphatic carbocycles. The predicted molar refractivity (Wildman–Crippen MR) is 102 cm³/mol. The number of carbonyl (C=O) groups is 2. The first-order valence-corrected chi connectivity index (χ1v) is 8.73. The molecule has 0 fully saturated rings. The van der Waals surface area contributed by atoms with Gasteiger partial charge in [0.25, 0.3) is 11.8 Å². The Hall–Kier alpha value is -2.34. The number of benzene rings is 2. The second kappa shape index (κ2) is 8.67. The lowest BCUT2D eigenvalue weighted by molar-refractivity contribution is 0.0947. The molecular formula is C19H21BrN2O3. The number of anilines is 1. The molecule has 2 N–H and O–H groups in total. The number of carbonyl (C=O) groups excluding carboxylic acids is 2. The number of hydrogen-bond donors (Lipinski definition) is 2. The quantitative estimate of drug-likeness (QED) is 0.761. The van der Waals surface area contributed by atoms with Gasteiger partial charge in [-0.25, -0.2) is 0 Å². The van der Waals surface area contributed by atoms with E-state index in [0.717, 1.165) is 4.47 Å². The fraction of sp³-hybridized carbons (Fsp3) is 0.263. The van der Waals surface area contributed by atoms with Gasteiger partial charge in [0.2, 0.25) is 0 Å². The number of amides is 2. The van der Waals surface area contributed by atoms with Crippen LogP contribution in [0.5, 0.6) is 5.75 Å². The molecule has 0 radical (unpaired) electrons. The molecule has 2 aromatic carbocycles. The molecule has 0 bridgehead atoms. The first-order valence-electron chi connectivity index (χ1n) is 7.94. The van der Waals surface area contributed by atoms with Crippen molar-refractivity contribution in [1.82, 2.24) is 5.32 Å². The Labute approximate surface area is 155 Å². The monoisotopic (exact) mass is 404 g/mol. The Morgan fingerprint density at radius 3 is 2.56 bits per heavy atom. The zero-order chi connectivity index (χ0) is 18.4. The van der Waals surface area contributed by atoms with Crippen LogP contribution in [0.15, 0.2) is 46.9 Å². The van der Waals surface area contributed by atoms with E-state index in [1.54, 1.807) is 42.5 Å². The van der Waals surface area contributed by atoms with Crippen LogP contribution in [0.2, 0.25) is 0 Å². The summed E-state index contributed by atoms with van der Waals surface area (Å²) in [4.78, 5) is 24.7. The Morgan fingerprint density at radius 1 is 1.12 bits per heavy atom.